The van der Waals surface area contributed by atoms with Crippen LogP contribution in [0.1, 0.15) is 12.8 Å². The van der Waals surface area contributed by atoms with E-state index in [2.05, 4.69) is 0 Å². The van der Waals surface area contributed by atoms with Gasteiger partial charge in [-0.3, -0.25) is 9.59 Å². The monoisotopic (exact) mass is 232 g/mol. The predicted octanol–water partition coefficient (Wildman–Crippen LogP) is 1.45. The van der Waals surface area contributed by atoms with Gasteiger partial charge in [0.2, 0.25) is 5.91 Å². The van der Waals surface area contributed by atoms with Crippen LogP contribution in [0.2, 0.25) is 0 Å². The predicted molar refractivity (Wildman–Crippen MR) is 67.4 cm³/mol. The molecule has 1 aromatic carbocycles. The molecule has 0 atom stereocenters. The van der Waals surface area contributed by atoms with Crippen molar-refractivity contribution in [3.05, 3.63) is 24.3 Å². The summed E-state index contributed by atoms with van der Waals surface area (Å²) >= 11 is 0. The minimum Gasteiger partial charge on any atom is -0.378 e. The van der Waals surface area contributed by atoms with Crippen molar-refractivity contribution in [2.45, 2.75) is 12.8 Å². The molecular weight excluding hydrogens is 216 g/mol. The van der Waals surface area contributed by atoms with Crippen molar-refractivity contribution < 1.29 is 9.59 Å². The van der Waals surface area contributed by atoms with Gasteiger partial charge in [0.15, 0.2) is 0 Å². The Hall–Kier alpha value is -1.84. The highest BCUT2D eigenvalue weighted by atomic mass is 16.2. The lowest BCUT2D eigenvalue weighted by Gasteiger charge is -2.26. The Balaban J connectivity index is 2.17. The molecule has 0 radical (unpaired) electrons. The van der Waals surface area contributed by atoms with Crippen molar-refractivity contribution in [3.8, 4) is 0 Å². The molecule has 0 bridgehead atoms. The van der Waals surface area contributed by atoms with Crippen LogP contribution in [-0.4, -0.2) is 32.3 Å². The second-order valence-corrected chi connectivity index (χ2v) is 4.42. The first kappa shape index (κ1) is 11.6. The van der Waals surface area contributed by atoms with E-state index in [1.807, 2.05) is 43.3 Å². The smallest absolute Gasteiger partial charge is 0.234 e. The van der Waals surface area contributed by atoms with E-state index in [1.54, 1.807) is 4.90 Å². The summed E-state index contributed by atoms with van der Waals surface area (Å²) in [4.78, 5) is 26.5. The maximum Gasteiger partial charge on any atom is 0.234 e. The Labute approximate surface area is 101 Å². The van der Waals surface area contributed by atoms with Crippen LogP contribution >= 0.6 is 0 Å². The van der Waals surface area contributed by atoms with Crippen LogP contribution in [0.25, 0.3) is 0 Å². The second-order valence-electron chi connectivity index (χ2n) is 4.42. The van der Waals surface area contributed by atoms with Gasteiger partial charge in [0.25, 0.3) is 0 Å². The molecule has 0 aromatic heterocycles. The highest BCUT2D eigenvalue weighted by Crippen LogP contribution is 2.22. The molecule has 1 heterocycles. The summed E-state index contributed by atoms with van der Waals surface area (Å²) in [6.45, 7) is 0.499. The molecule has 1 saturated heterocycles. The molecule has 90 valence electrons. The highest BCUT2D eigenvalue weighted by molar-refractivity contribution is 6.08. The first-order chi connectivity index (χ1) is 8.08. The van der Waals surface area contributed by atoms with Gasteiger partial charge >= 0.3 is 0 Å². The minimum atomic E-state index is -0.0983. The van der Waals surface area contributed by atoms with Crippen LogP contribution in [0.4, 0.5) is 11.4 Å². The fraction of sp³-hybridized carbons (Fsp3) is 0.385. The molecule has 2 rings (SSSR count). The topological polar surface area (TPSA) is 40.6 Å². The lowest BCUT2D eigenvalue weighted by molar-refractivity contribution is -0.128. The molecule has 4 heteroatoms. The van der Waals surface area contributed by atoms with Gasteiger partial charge in [-0.15, -0.1) is 0 Å². The zero-order valence-electron chi connectivity index (χ0n) is 10.1. The molecule has 1 amide bonds. The number of hydrogen-bond acceptors (Lipinski definition) is 3. The van der Waals surface area contributed by atoms with E-state index in [9.17, 15) is 9.59 Å². The average molecular weight is 232 g/mol. The quantitative estimate of drug-likeness (QED) is 0.725. The highest BCUT2D eigenvalue weighted by Gasteiger charge is 2.24. The summed E-state index contributed by atoms with van der Waals surface area (Å²) in [7, 11) is 3.94. The number of amides is 1. The third-order valence-electron chi connectivity index (χ3n) is 2.94. The van der Waals surface area contributed by atoms with Crippen LogP contribution < -0.4 is 9.80 Å². The van der Waals surface area contributed by atoms with Crippen LogP contribution in [0.5, 0.6) is 0 Å². The number of carbonyl (C=O) groups is 2. The van der Waals surface area contributed by atoms with Gasteiger partial charge in [-0.05, 0) is 24.3 Å². The van der Waals surface area contributed by atoms with Gasteiger partial charge in [0, 0.05) is 38.4 Å². The van der Waals surface area contributed by atoms with Gasteiger partial charge in [0.05, 0.1) is 6.42 Å². The summed E-state index contributed by atoms with van der Waals surface area (Å²) in [6, 6.07) is 7.78. The average Bonchev–Trinajstić information content (AvgIpc) is 2.29. The van der Waals surface area contributed by atoms with E-state index in [4.69, 9.17) is 0 Å². The number of anilines is 2. The van der Waals surface area contributed by atoms with E-state index in [0.29, 0.717) is 13.0 Å². The fourth-order valence-electron chi connectivity index (χ4n) is 1.92. The normalized spacial score (nSPS) is 16.2. The molecule has 1 aliphatic heterocycles. The first-order valence-electron chi connectivity index (χ1n) is 5.67. The number of carbonyl (C=O) groups excluding carboxylic acids is 2. The number of Topliss-reactive ketones (excluding diaryl/α,β-unsaturated/α-hetero) is 1. The molecular formula is C13H16N2O2. The maximum absolute atomic E-state index is 11.7. The number of piperidine rings is 1. The van der Waals surface area contributed by atoms with Gasteiger partial charge in [-0.1, -0.05) is 0 Å². The Kier molecular flexibility index (Phi) is 3.13. The molecule has 0 unspecified atom stereocenters. The van der Waals surface area contributed by atoms with E-state index in [0.717, 1.165) is 11.4 Å². The van der Waals surface area contributed by atoms with Crippen molar-refractivity contribution in [2.24, 2.45) is 0 Å². The fourth-order valence-corrected chi connectivity index (χ4v) is 1.92. The van der Waals surface area contributed by atoms with Gasteiger partial charge in [-0.2, -0.15) is 0 Å². The summed E-state index contributed by atoms with van der Waals surface area (Å²) in [5.41, 5.74) is 1.96. The van der Waals surface area contributed by atoms with E-state index in [1.165, 1.54) is 0 Å². The van der Waals surface area contributed by atoms with E-state index >= 15 is 0 Å². The van der Waals surface area contributed by atoms with Crippen LogP contribution in [0.3, 0.4) is 0 Å². The van der Waals surface area contributed by atoms with E-state index in [-0.39, 0.29) is 18.1 Å². The Morgan fingerprint density at radius 1 is 1.12 bits per heavy atom. The SMILES string of the molecule is CN(C)c1ccc(N2CCC(=O)CC2=O)cc1. The molecule has 1 aliphatic rings. The Morgan fingerprint density at radius 3 is 2.29 bits per heavy atom. The molecule has 17 heavy (non-hydrogen) atoms. The molecule has 0 aliphatic carbocycles. The number of nitrogens with zero attached hydrogens (tertiary/aromatic N) is 2. The van der Waals surface area contributed by atoms with Crippen molar-refractivity contribution in [1.29, 1.82) is 0 Å². The molecule has 1 aromatic rings. The zero-order chi connectivity index (χ0) is 12.4. The second kappa shape index (κ2) is 4.57. The third kappa shape index (κ3) is 2.46. The van der Waals surface area contributed by atoms with Crippen molar-refractivity contribution in [2.75, 3.05) is 30.4 Å². The summed E-state index contributed by atoms with van der Waals surface area (Å²) in [5.74, 6) is -0.0602. The molecule has 0 spiro atoms. The van der Waals surface area contributed by atoms with Crippen LogP contribution in [0, 0.1) is 0 Å². The Bertz CT molecular complexity index is 437. The number of rotatable bonds is 2. The van der Waals surface area contributed by atoms with Crippen molar-refractivity contribution >= 4 is 23.1 Å². The van der Waals surface area contributed by atoms with Gasteiger partial charge in [0.1, 0.15) is 5.78 Å². The maximum atomic E-state index is 11.7. The zero-order valence-corrected chi connectivity index (χ0v) is 10.1. The molecule has 0 saturated carbocycles. The third-order valence-corrected chi connectivity index (χ3v) is 2.94. The Morgan fingerprint density at radius 2 is 1.76 bits per heavy atom. The molecule has 4 nitrogen and oxygen atoms in total. The lowest BCUT2D eigenvalue weighted by Crippen LogP contribution is -2.39. The van der Waals surface area contributed by atoms with Crippen LogP contribution in [0.15, 0.2) is 24.3 Å². The van der Waals surface area contributed by atoms with Gasteiger partial charge in [-0.25, -0.2) is 0 Å². The minimum absolute atomic E-state index is 0.0371. The summed E-state index contributed by atoms with van der Waals surface area (Å²) in [5, 5.41) is 0. The largest absolute Gasteiger partial charge is 0.378 e. The number of hydrogen-bond donors (Lipinski definition) is 0. The van der Waals surface area contributed by atoms with Crippen molar-refractivity contribution in [3.63, 3.8) is 0 Å². The first-order valence-corrected chi connectivity index (χ1v) is 5.67. The number of ketones is 1. The van der Waals surface area contributed by atoms with Gasteiger partial charge < -0.3 is 9.80 Å². The summed E-state index contributed by atoms with van der Waals surface area (Å²) < 4.78 is 0. The molecule has 1 fully saturated rings. The van der Waals surface area contributed by atoms with Crippen LogP contribution in [-0.2, 0) is 9.59 Å². The standard InChI is InChI=1S/C13H16N2O2/c1-14(2)10-3-5-11(6-4-10)15-8-7-12(16)9-13(15)17/h3-6H,7-9H2,1-2H3. The molecule has 0 N–H and O–H groups in total. The van der Waals surface area contributed by atoms with Crippen molar-refractivity contribution in [1.82, 2.24) is 0 Å². The lowest BCUT2D eigenvalue weighted by atomic mass is 10.1. The van der Waals surface area contributed by atoms with E-state index < -0.39 is 0 Å². The summed E-state index contributed by atoms with van der Waals surface area (Å²) in [6.07, 6.45) is 0.497. The number of benzene rings is 1.